The van der Waals surface area contributed by atoms with Gasteiger partial charge < -0.3 is 4.74 Å². The van der Waals surface area contributed by atoms with E-state index >= 15 is 0 Å². The van der Waals surface area contributed by atoms with Gasteiger partial charge in [0, 0.05) is 13.4 Å². The SMILES string of the molecule is COCC1(C#N)CC1S(C)(=O)=O. The summed E-state index contributed by atoms with van der Waals surface area (Å²) in [4.78, 5) is 0. The van der Waals surface area contributed by atoms with Crippen molar-refractivity contribution in [3.05, 3.63) is 0 Å². The molecule has 0 aromatic carbocycles. The van der Waals surface area contributed by atoms with E-state index in [9.17, 15) is 8.42 Å². The van der Waals surface area contributed by atoms with E-state index in [-0.39, 0.29) is 6.61 Å². The molecule has 0 bridgehead atoms. The van der Waals surface area contributed by atoms with Crippen LogP contribution in [-0.4, -0.2) is 33.6 Å². The van der Waals surface area contributed by atoms with Gasteiger partial charge in [-0.15, -0.1) is 0 Å². The number of nitriles is 1. The monoisotopic (exact) mass is 189 g/mol. The average molecular weight is 189 g/mol. The molecule has 1 aliphatic carbocycles. The van der Waals surface area contributed by atoms with Crippen LogP contribution in [-0.2, 0) is 14.6 Å². The van der Waals surface area contributed by atoms with E-state index in [2.05, 4.69) is 0 Å². The smallest absolute Gasteiger partial charge is 0.152 e. The molecule has 12 heavy (non-hydrogen) atoms. The maximum Gasteiger partial charge on any atom is 0.152 e. The Balaban J connectivity index is 2.76. The van der Waals surface area contributed by atoms with E-state index in [4.69, 9.17) is 10.00 Å². The fourth-order valence-corrected chi connectivity index (χ4v) is 2.93. The van der Waals surface area contributed by atoms with Gasteiger partial charge in [-0.3, -0.25) is 0 Å². The van der Waals surface area contributed by atoms with Crippen LogP contribution in [0.4, 0.5) is 0 Å². The lowest BCUT2D eigenvalue weighted by Crippen LogP contribution is -2.17. The van der Waals surface area contributed by atoms with Gasteiger partial charge in [-0.1, -0.05) is 0 Å². The number of nitrogens with zero attached hydrogens (tertiary/aromatic N) is 1. The predicted molar refractivity (Wildman–Crippen MR) is 43.2 cm³/mol. The Morgan fingerprint density at radius 3 is 2.58 bits per heavy atom. The van der Waals surface area contributed by atoms with Crippen LogP contribution < -0.4 is 0 Å². The molecule has 0 saturated heterocycles. The van der Waals surface area contributed by atoms with Gasteiger partial charge in [0.2, 0.25) is 0 Å². The first-order chi connectivity index (χ1) is 5.46. The van der Waals surface area contributed by atoms with Gasteiger partial charge >= 0.3 is 0 Å². The quantitative estimate of drug-likeness (QED) is 0.624. The van der Waals surface area contributed by atoms with Crippen molar-refractivity contribution < 1.29 is 13.2 Å². The topological polar surface area (TPSA) is 67.2 Å². The van der Waals surface area contributed by atoms with Crippen LogP contribution in [0.15, 0.2) is 0 Å². The molecule has 0 aliphatic heterocycles. The molecule has 1 saturated carbocycles. The number of ether oxygens (including phenoxy) is 1. The summed E-state index contributed by atoms with van der Waals surface area (Å²) < 4.78 is 26.9. The first-order valence-electron chi connectivity index (χ1n) is 3.55. The van der Waals surface area contributed by atoms with Crippen molar-refractivity contribution in [1.82, 2.24) is 0 Å². The zero-order valence-electron chi connectivity index (χ0n) is 7.07. The van der Waals surface area contributed by atoms with Crippen LogP contribution in [0, 0.1) is 16.7 Å². The minimum absolute atomic E-state index is 0.210. The highest BCUT2D eigenvalue weighted by Gasteiger charge is 2.60. The van der Waals surface area contributed by atoms with E-state index in [1.807, 2.05) is 6.07 Å². The van der Waals surface area contributed by atoms with Crippen molar-refractivity contribution >= 4 is 9.84 Å². The summed E-state index contributed by atoms with van der Waals surface area (Å²) in [6.07, 6.45) is 1.57. The summed E-state index contributed by atoms with van der Waals surface area (Å²) in [6.45, 7) is 0.210. The average Bonchev–Trinajstić information content (AvgIpc) is 2.64. The molecule has 0 radical (unpaired) electrons. The van der Waals surface area contributed by atoms with Crippen LogP contribution in [0.2, 0.25) is 0 Å². The minimum atomic E-state index is -3.07. The molecule has 0 N–H and O–H groups in total. The fraction of sp³-hybridized carbons (Fsp3) is 0.857. The van der Waals surface area contributed by atoms with Crippen molar-refractivity contribution in [2.24, 2.45) is 5.41 Å². The van der Waals surface area contributed by atoms with E-state index in [0.29, 0.717) is 6.42 Å². The molecule has 1 fully saturated rings. The van der Waals surface area contributed by atoms with Crippen molar-refractivity contribution in [2.75, 3.05) is 20.0 Å². The van der Waals surface area contributed by atoms with E-state index in [1.165, 1.54) is 7.11 Å². The van der Waals surface area contributed by atoms with Gasteiger partial charge in [0.25, 0.3) is 0 Å². The van der Waals surface area contributed by atoms with E-state index < -0.39 is 20.5 Å². The Labute approximate surface area is 72.1 Å². The molecule has 0 aromatic rings. The second-order valence-corrected chi connectivity index (χ2v) is 5.45. The highest BCUT2D eigenvalue weighted by atomic mass is 32.2. The molecule has 1 rings (SSSR count). The lowest BCUT2D eigenvalue weighted by molar-refractivity contribution is 0.164. The van der Waals surface area contributed by atoms with Gasteiger partial charge in [0.15, 0.2) is 9.84 Å². The maximum absolute atomic E-state index is 11.0. The molecular formula is C7H11NO3S. The molecule has 0 amide bonds. The van der Waals surface area contributed by atoms with Crippen LogP contribution in [0.3, 0.4) is 0 Å². The van der Waals surface area contributed by atoms with Gasteiger partial charge in [0.05, 0.1) is 23.3 Å². The van der Waals surface area contributed by atoms with Crippen LogP contribution in [0.1, 0.15) is 6.42 Å². The van der Waals surface area contributed by atoms with Gasteiger partial charge in [-0.2, -0.15) is 5.26 Å². The standard InChI is InChI=1S/C7H11NO3S/c1-11-5-7(4-8)3-6(7)12(2,9)10/h6H,3,5H2,1-2H3. The number of sulfone groups is 1. The Morgan fingerprint density at radius 1 is 1.75 bits per heavy atom. The van der Waals surface area contributed by atoms with Crippen LogP contribution >= 0.6 is 0 Å². The molecule has 5 heteroatoms. The zero-order valence-corrected chi connectivity index (χ0v) is 7.89. The molecule has 0 aromatic heterocycles. The largest absolute Gasteiger partial charge is 0.383 e. The van der Waals surface area contributed by atoms with Gasteiger partial charge in [-0.25, -0.2) is 8.42 Å². The first kappa shape index (κ1) is 9.49. The Hall–Kier alpha value is -0.600. The fourth-order valence-electron chi connectivity index (χ4n) is 1.39. The summed E-state index contributed by atoms with van der Waals surface area (Å²) in [6, 6.07) is 2.01. The molecule has 1 aliphatic rings. The third kappa shape index (κ3) is 1.45. The molecule has 0 heterocycles. The molecule has 2 atom stereocenters. The highest BCUT2D eigenvalue weighted by molar-refractivity contribution is 7.91. The Morgan fingerprint density at radius 2 is 2.33 bits per heavy atom. The lowest BCUT2D eigenvalue weighted by atomic mass is 10.1. The van der Waals surface area contributed by atoms with Gasteiger partial charge in [0.1, 0.15) is 0 Å². The summed E-state index contributed by atoms with van der Waals surface area (Å²) >= 11 is 0. The molecule has 2 unspecified atom stereocenters. The minimum Gasteiger partial charge on any atom is -0.383 e. The lowest BCUT2D eigenvalue weighted by Gasteiger charge is -2.04. The first-order valence-corrected chi connectivity index (χ1v) is 5.51. The van der Waals surface area contributed by atoms with Crippen molar-refractivity contribution in [1.29, 1.82) is 5.26 Å². The Bertz CT molecular complexity index is 316. The zero-order chi connectivity index (χ0) is 9.41. The third-order valence-corrected chi connectivity index (χ3v) is 3.80. The van der Waals surface area contributed by atoms with Crippen molar-refractivity contribution in [3.8, 4) is 6.07 Å². The van der Waals surface area contributed by atoms with Crippen molar-refractivity contribution in [2.45, 2.75) is 11.7 Å². The predicted octanol–water partition coefficient (Wildman–Crippen LogP) is -0.0403. The third-order valence-electron chi connectivity index (χ3n) is 2.15. The summed E-state index contributed by atoms with van der Waals surface area (Å²) in [5, 5.41) is 8.21. The number of methoxy groups -OCH3 is 1. The molecular weight excluding hydrogens is 178 g/mol. The maximum atomic E-state index is 11.0. The van der Waals surface area contributed by atoms with Crippen LogP contribution in [0.5, 0.6) is 0 Å². The normalized spacial score (nSPS) is 34.2. The molecule has 68 valence electrons. The van der Waals surface area contributed by atoms with E-state index in [0.717, 1.165) is 6.26 Å². The summed E-state index contributed by atoms with van der Waals surface area (Å²) in [5.41, 5.74) is -0.762. The molecule has 0 spiro atoms. The molecule has 4 nitrogen and oxygen atoms in total. The number of hydrogen-bond acceptors (Lipinski definition) is 4. The van der Waals surface area contributed by atoms with Gasteiger partial charge in [-0.05, 0) is 6.42 Å². The highest BCUT2D eigenvalue weighted by Crippen LogP contribution is 2.49. The summed E-state index contributed by atoms with van der Waals surface area (Å²) in [5.74, 6) is 0. The second kappa shape index (κ2) is 2.71. The second-order valence-electron chi connectivity index (χ2n) is 3.22. The number of hydrogen-bond donors (Lipinski definition) is 0. The summed E-state index contributed by atoms with van der Waals surface area (Å²) in [7, 11) is -1.61. The van der Waals surface area contributed by atoms with E-state index in [1.54, 1.807) is 0 Å². The van der Waals surface area contributed by atoms with Crippen LogP contribution in [0.25, 0.3) is 0 Å². The Kier molecular flexibility index (Phi) is 2.15. The number of rotatable bonds is 3. The van der Waals surface area contributed by atoms with Crippen molar-refractivity contribution in [3.63, 3.8) is 0 Å².